The molecule has 216 valence electrons. The zero-order valence-corrected chi connectivity index (χ0v) is 24.2. The summed E-state index contributed by atoms with van der Waals surface area (Å²) in [6.07, 6.45) is 5.17. The van der Waals surface area contributed by atoms with Gasteiger partial charge < -0.3 is 26.0 Å². The molecule has 2 aromatic heterocycles. The second-order valence-electron chi connectivity index (χ2n) is 10.5. The number of carbonyl (C=O) groups is 3. The molecule has 4 N–H and O–H groups in total. The summed E-state index contributed by atoms with van der Waals surface area (Å²) in [5.41, 5.74) is 2.67. The van der Waals surface area contributed by atoms with E-state index >= 15 is 0 Å². The molecule has 1 fully saturated rings. The number of aromatic nitrogens is 1. The van der Waals surface area contributed by atoms with E-state index in [9.17, 15) is 14.4 Å². The quantitative estimate of drug-likeness (QED) is 0.218. The molecule has 6 rings (SSSR count). The molecule has 42 heavy (non-hydrogen) atoms. The Morgan fingerprint density at radius 2 is 1.79 bits per heavy atom. The third-order valence-corrected chi connectivity index (χ3v) is 8.70. The lowest BCUT2D eigenvalue weighted by atomic mass is 9.90. The number of urea groups is 1. The van der Waals surface area contributed by atoms with Gasteiger partial charge >= 0.3 is 6.03 Å². The van der Waals surface area contributed by atoms with Gasteiger partial charge in [-0.25, -0.2) is 9.78 Å². The van der Waals surface area contributed by atoms with Gasteiger partial charge in [-0.05, 0) is 68.8 Å². The molecule has 2 aromatic carbocycles. The van der Waals surface area contributed by atoms with Crippen molar-refractivity contribution in [2.45, 2.75) is 44.7 Å². The highest BCUT2D eigenvalue weighted by atomic mass is 32.1. The lowest BCUT2D eigenvalue weighted by Crippen LogP contribution is -2.54. The highest BCUT2D eigenvalue weighted by Crippen LogP contribution is 2.46. The van der Waals surface area contributed by atoms with Crippen molar-refractivity contribution in [3.8, 4) is 11.5 Å². The number of carbonyl (C=O) groups excluding carboxylic acids is 3. The molecule has 10 nitrogen and oxygen atoms in total. The third kappa shape index (κ3) is 5.40. The Hall–Kier alpha value is -4.48. The lowest BCUT2D eigenvalue weighted by Gasteiger charge is -2.33. The standard InChI is InChI=1S/C31H32N6O4S/c1-18-16-20(41-19-8-4-3-5-9-19)12-13-23(18)37-24-14-15-33-30-26(24)27(36-31(37)40)28(42-30)29(39)35-22-11-7-6-10-21(22)34-25(38)17-32-2/h3-5,8-9,12-16,21-22,32H,6-7,10-11,17H2,1-2H3,(H,34,38)(H,35,39)(H,36,40)/t21?,22-/m0/s1. The van der Waals surface area contributed by atoms with Crippen molar-refractivity contribution in [3.05, 3.63) is 71.2 Å². The molecule has 1 saturated carbocycles. The fraction of sp³-hybridized carbons (Fsp3) is 0.290. The van der Waals surface area contributed by atoms with Gasteiger partial charge in [0.15, 0.2) is 0 Å². The Balaban J connectivity index is 1.28. The number of likely N-dealkylation sites (N-methyl/N-ethyl adjacent to an activating group) is 1. The number of benzene rings is 2. The second-order valence-corrected chi connectivity index (χ2v) is 11.5. The van der Waals surface area contributed by atoms with Crippen LogP contribution in [-0.2, 0) is 4.79 Å². The zero-order valence-electron chi connectivity index (χ0n) is 23.4. The molecular formula is C31H32N6O4S. The van der Waals surface area contributed by atoms with E-state index in [0.717, 1.165) is 42.4 Å². The summed E-state index contributed by atoms with van der Waals surface area (Å²) < 4.78 is 5.98. The van der Waals surface area contributed by atoms with E-state index in [1.807, 2.05) is 55.5 Å². The first-order valence-corrected chi connectivity index (χ1v) is 14.9. The highest BCUT2D eigenvalue weighted by Gasteiger charge is 2.35. The van der Waals surface area contributed by atoms with E-state index in [0.29, 0.717) is 32.5 Å². The van der Waals surface area contributed by atoms with Crippen molar-refractivity contribution in [2.24, 2.45) is 0 Å². The molecular weight excluding hydrogens is 552 g/mol. The van der Waals surface area contributed by atoms with Gasteiger partial charge in [-0.3, -0.25) is 14.5 Å². The Labute approximate surface area is 247 Å². The van der Waals surface area contributed by atoms with E-state index in [4.69, 9.17) is 4.74 Å². The summed E-state index contributed by atoms with van der Waals surface area (Å²) in [4.78, 5) is 46.6. The number of pyridine rings is 1. The second kappa shape index (κ2) is 11.8. The number of nitrogens with zero attached hydrogens (tertiary/aromatic N) is 2. The molecule has 0 saturated heterocycles. The number of para-hydroxylation sites is 1. The Morgan fingerprint density at radius 1 is 1.02 bits per heavy atom. The molecule has 3 heterocycles. The summed E-state index contributed by atoms with van der Waals surface area (Å²) in [5, 5.41) is 12.7. The molecule has 1 aliphatic heterocycles. The predicted octanol–water partition coefficient (Wildman–Crippen LogP) is 5.46. The SMILES string of the molecule is CNCC(=O)NC1CCCC[C@@H]1NC(=O)c1sc2nccc3c2c1NC(=O)N3c1ccc(Oc2ccccc2)cc1C. The van der Waals surface area contributed by atoms with Crippen LogP contribution in [0.1, 0.15) is 40.9 Å². The van der Waals surface area contributed by atoms with Crippen LogP contribution in [0.4, 0.5) is 21.9 Å². The van der Waals surface area contributed by atoms with Gasteiger partial charge in [-0.1, -0.05) is 31.0 Å². The molecule has 1 unspecified atom stereocenters. The first-order valence-electron chi connectivity index (χ1n) is 14.0. The molecule has 11 heteroatoms. The van der Waals surface area contributed by atoms with Crippen molar-refractivity contribution in [1.29, 1.82) is 0 Å². The van der Waals surface area contributed by atoms with E-state index in [-0.39, 0.29) is 36.5 Å². The van der Waals surface area contributed by atoms with Crippen LogP contribution in [0.2, 0.25) is 0 Å². The number of hydrogen-bond donors (Lipinski definition) is 4. The van der Waals surface area contributed by atoms with E-state index in [1.54, 1.807) is 24.2 Å². The van der Waals surface area contributed by atoms with Crippen LogP contribution in [0.5, 0.6) is 11.5 Å². The molecule has 4 aromatic rings. The van der Waals surface area contributed by atoms with Gasteiger partial charge in [-0.2, -0.15) is 0 Å². The van der Waals surface area contributed by atoms with Gasteiger partial charge in [0.05, 0.1) is 29.0 Å². The minimum atomic E-state index is -0.364. The van der Waals surface area contributed by atoms with Crippen molar-refractivity contribution in [1.82, 2.24) is 20.9 Å². The molecule has 0 spiro atoms. The minimum absolute atomic E-state index is 0.100. The van der Waals surface area contributed by atoms with Crippen LogP contribution in [-0.4, -0.2) is 48.5 Å². The summed E-state index contributed by atoms with van der Waals surface area (Å²) in [7, 11) is 1.72. The lowest BCUT2D eigenvalue weighted by molar-refractivity contribution is -0.121. The number of aryl methyl sites for hydroxylation is 1. The van der Waals surface area contributed by atoms with Gasteiger partial charge in [0.1, 0.15) is 21.2 Å². The number of anilines is 3. The molecule has 0 bridgehead atoms. The monoisotopic (exact) mass is 584 g/mol. The maximum absolute atomic E-state index is 13.6. The fourth-order valence-electron chi connectivity index (χ4n) is 5.68. The van der Waals surface area contributed by atoms with E-state index in [1.165, 1.54) is 11.3 Å². The molecule has 4 amide bonds. The smallest absolute Gasteiger partial charge is 0.331 e. The number of thiophene rings is 1. The zero-order chi connectivity index (χ0) is 29.2. The summed E-state index contributed by atoms with van der Waals surface area (Å²) >= 11 is 1.25. The Kier molecular flexibility index (Phi) is 7.77. The average molecular weight is 585 g/mol. The number of nitrogens with one attached hydrogen (secondary N) is 4. The van der Waals surface area contributed by atoms with Gasteiger partial charge in [0.25, 0.3) is 5.91 Å². The first-order chi connectivity index (χ1) is 20.4. The summed E-state index contributed by atoms with van der Waals surface area (Å²) in [6, 6.07) is 16.2. The normalized spacial score (nSPS) is 18.0. The number of rotatable bonds is 8. The van der Waals surface area contributed by atoms with Crippen LogP contribution < -0.4 is 30.9 Å². The predicted molar refractivity (Wildman–Crippen MR) is 164 cm³/mol. The van der Waals surface area contributed by atoms with E-state index in [2.05, 4.69) is 26.3 Å². The Morgan fingerprint density at radius 3 is 2.52 bits per heavy atom. The highest BCUT2D eigenvalue weighted by molar-refractivity contribution is 7.21. The Bertz CT molecular complexity index is 1660. The van der Waals surface area contributed by atoms with Crippen molar-refractivity contribution >= 4 is 56.5 Å². The average Bonchev–Trinajstić information content (AvgIpc) is 3.35. The first kappa shape index (κ1) is 27.7. The van der Waals surface area contributed by atoms with E-state index < -0.39 is 0 Å². The van der Waals surface area contributed by atoms with Crippen LogP contribution in [0, 0.1) is 6.92 Å². The topological polar surface area (TPSA) is 125 Å². The molecule has 1 aliphatic carbocycles. The van der Waals surface area contributed by atoms with Crippen molar-refractivity contribution in [2.75, 3.05) is 23.8 Å². The minimum Gasteiger partial charge on any atom is -0.457 e. The maximum atomic E-state index is 13.6. The van der Waals surface area contributed by atoms with Crippen LogP contribution >= 0.6 is 11.3 Å². The molecule has 0 radical (unpaired) electrons. The summed E-state index contributed by atoms with van der Waals surface area (Å²) in [5.74, 6) is 1.01. The number of ether oxygens (including phenoxy) is 1. The van der Waals surface area contributed by atoms with Crippen molar-refractivity contribution < 1.29 is 19.1 Å². The number of hydrogen-bond acceptors (Lipinski definition) is 7. The van der Waals surface area contributed by atoms with Gasteiger partial charge in [0, 0.05) is 18.3 Å². The van der Waals surface area contributed by atoms with Crippen LogP contribution in [0.15, 0.2) is 60.8 Å². The van der Waals surface area contributed by atoms with Crippen molar-refractivity contribution in [3.63, 3.8) is 0 Å². The number of amides is 4. The van der Waals surface area contributed by atoms with Gasteiger partial charge in [0.2, 0.25) is 5.91 Å². The summed E-state index contributed by atoms with van der Waals surface area (Å²) in [6.45, 7) is 2.15. The maximum Gasteiger partial charge on any atom is 0.331 e. The van der Waals surface area contributed by atoms with Crippen LogP contribution in [0.25, 0.3) is 10.2 Å². The van der Waals surface area contributed by atoms with Crippen LogP contribution in [0.3, 0.4) is 0 Å². The third-order valence-electron chi connectivity index (χ3n) is 7.61. The fourth-order valence-corrected chi connectivity index (χ4v) is 6.70. The largest absolute Gasteiger partial charge is 0.457 e. The van der Waals surface area contributed by atoms with Gasteiger partial charge in [-0.15, -0.1) is 11.3 Å². The molecule has 2 atom stereocenters. The molecule has 2 aliphatic rings.